The van der Waals surface area contributed by atoms with Gasteiger partial charge < -0.3 is 10.6 Å². The summed E-state index contributed by atoms with van der Waals surface area (Å²) in [5, 5.41) is 6.54. The molecule has 1 heterocycles. The van der Waals surface area contributed by atoms with Crippen LogP contribution in [0.3, 0.4) is 0 Å². The molecular weight excluding hydrogens is 338 g/mol. The highest BCUT2D eigenvalue weighted by molar-refractivity contribution is 6.36. The Morgan fingerprint density at radius 1 is 1.35 bits per heavy atom. The van der Waals surface area contributed by atoms with Crippen LogP contribution in [0.15, 0.2) is 12.1 Å². The molecule has 1 aliphatic heterocycles. The van der Waals surface area contributed by atoms with Crippen molar-refractivity contribution in [3.63, 3.8) is 0 Å². The maximum atomic E-state index is 13.6. The SMILES string of the molecule is CC(NC(=O)CC(C)C1CCNCC1)c1c(Cl)ccc(F)c1Cl. The molecule has 1 aliphatic rings. The zero-order valence-electron chi connectivity index (χ0n) is 13.5. The Balaban J connectivity index is 1.96. The number of piperidine rings is 1. The molecule has 1 aromatic carbocycles. The van der Waals surface area contributed by atoms with E-state index in [0.717, 1.165) is 25.9 Å². The lowest BCUT2D eigenvalue weighted by Gasteiger charge is -2.28. The van der Waals surface area contributed by atoms with E-state index in [-0.39, 0.29) is 10.9 Å². The van der Waals surface area contributed by atoms with Crippen molar-refractivity contribution >= 4 is 29.1 Å². The first-order valence-electron chi connectivity index (χ1n) is 8.03. The summed E-state index contributed by atoms with van der Waals surface area (Å²) in [5.41, 5.74) is 0.427. The van der Waals surface area contributed by atoms with E-state index in [0.29, 0.717) is 28.8 Å². The average molecular weight is 361 g/mol. The molecule has 0 saturated carbocycles. The first-order valence-corrected chi connectivity index (χ1v) is 8.79. The maximum absolute atomic E-state index is 13.6. The van der Waals surface area contributed by atoms with Crippen LogP contribution in [0, 0.1) is 17.7 Å². The second-order valence-electron chi connectivity index (χ2n) is 6.31. The topological polar surface area (TPSA) is 41.1 Å². The molecule has 1 saturated heterocycles. The van der Waals surface area contributed by atoms with Gasteiger partial charge in [-0.25, -0.2) is 4.39 Å². The number of benzene rings is 1. The second-order valence-corrected chi connectivity index (χ2v) is 7.10. The summed E-state index contributed by atoms with van der Waals surface area (Å²) in [6, 6.07) is 2.25. The van der Waals surface area contributed by atoms with Crippen LogP contribution < -0.4 is 10.6 Å². The Bertz CT molecular complexity index is 562. The fourth-order valence-corrected chi connectivity index (χ4v) is 3.88. The lowest BCUT2D eigenvalue weighted by Crippen LogP contribution is -2.34. The van der Waals surface area contributed by atoms with Gasteiger partial charge in [0.15, 0.2) is 0 Å². The van der Waals surface area contributed by atoms with Crippen LogP contribution in [0.5, 0.6) is 0 Å². The minimum absolute atomic E-state index is 0.0308. The van der Waals surface area contributed by atoms with Crippen LogP contribution in [0.4, 0.5) is 4.39 Å². The molecule has 128 valence electrons. The molecule has 0 bridgehead atoms. The number of carbonyl (C=O) groups is 1. The Hall–Kier alpha value is -0.840. The summed E-state index contributed by atoms with van der Waals surface area (Å²) in [5.74, 6) is 0.302. The van der Waals surface area contributed by atoms with Gasteiger partial charge in [-0.1, -0.05) is 30.1 Å². The molecule has 2 atom stereocenters. The van der Waals surface area contributed by atoms with Crippen LogP contribution in [-0.4, -0.2) is 19.0 Å². The summed E-state index contributed by atoms with van der Waals surface area (Å²) >= 11 is 12.1. The van der Waals surface area contributed by atoms with Gasteiger partial charge in [0.1, 0.15) is 5.82 Å². The minimum atomic E-state index is -0.532. The normalized spacial score (nSPS) is 18.5. The zero-order chi connectivity index (χ0) is 17.0. The van der Waals surface area contributed by atoms with Gasteiger partial charge in [-0.2, -0.15) is 0 Å². The highest BCUT2D eigenvalue weighted by Gasteiger charge is 2.24. The van der Waals surface area contributed by atoms with Crippen molar-refractivity contribution in [3.8, 4) is 0 Å². The second kappa shape index (κ2) is 8.32. The first-order chi connectivity index (χ1) is 10.9. The van der Waals surface area contributed by atoms with Crippen molar-refractivity contribution in [2.75, 3.05) is 13.1 Å². The number of hydrogen-bond donors (Lipinski definition) is 2. The molecule has 6 heteroatoms. The third-order valence-corrected chi connectivity index (χ3v) is 5.30. The van der Waals surface area contributed by atoms with Gasteiger partial charge in [0, 0.05) is 17.0 Å². The zero-order valence-corrected chi connectivity index (χ0v) is 15.0. The number of carbonyl (C=O) groups excluding carboxylic acids is 1. The average Bonchev–Trinajstić information content (AvgIpc) is 2.52. The van der Waals surface area contributed by atoms with Crippen LogP contribution in [0.2, 0.25) is 10.0 Å². The van der Waals surface area contributed by atoms with Crippen molar-refractivity contribution < 1.29 is 9.18 Å². The van der Waals surface area contributed by atoms with Crippen LogP contribution >= 0.6 is 23.2 Å². The predicted octanol–water partition coefficient (Wildman–Crippen LogP) is 4.34. The van der Waals surface area contributed by atoms with E-state index in [9.17, 15) is 9.18 Å². The molecule has 0 spiro atoms. The minimum Gasteiger partial charge on any atom is -0.349 e. The Morgan fingerprint density at radius 3 is 2.65 bits per heavy atom. The lowest BCUT2D eigenvalue weighted by molar-refractivity contribution is -0.123. The number of nitrogens with one attached hydrogen (secondary N) is 2. The Morgan fingerprint density at radius 2 is 2.00 bits per heavy atom. The van der Waals surface area contributed by atoms with E-state index in [4.69, 9.17) is 23.2 Å². The smallest absolute Gasteiger partial charge is 0.220 e. The third-order valence-electron chi connectivity index (χ3n) is 4.59. The van der Waals surface area contributed by atoms with Gasteiger partial charge in [0.05, 0.1) is 11.1 Å². The summed E-state index contributed by atoms with van der Waals surface area (Å²) in [6.45, 7) is 5.91. The predicted molar refractivity (Wildman–Crippen MR) is 92.4 cm³/mol. The lowest BCUT2D eigenvalue weighted by atomic mass is 9.84. The number of amides is 1. The highest BCUT2D eigenvalue weighted by Crippen LogP contribution is 2.32. The molecule has 2 unspecified atom stereocenters. The highest BCUT2D eigenvalue weighted by atomic mass is 35.5. The fraction of sp³-hybridized carbons (Fsp3) is 0.588. The van der Waals surface area contributed by atoms with Gasteiger partial charge in [-0.15, -0.1) is 0 Å². The van der Waals surface area contributed by atoms with Gasteiger partial charge >= 0.3 is 0 Å². The largest absolute Gasteiger partial charge is 0.349 e. The quantitative estimate of drug-likeness (QED) is 0.767. The number of halogens is 3. The molecular formula is C17H23Cl2FN2O. The molecule has 2 rings (SSSR count). The molecule has 1 aromatic rings. The molecule has 0 aromatic heterocycles. The van der Waals surface area contributed by atoms with Gasteiger partial charge in [0.2, 0.25) is 5.91 Å². The van der Waals surface area contributed by atoms with Gasteiger partial charge in [-0.3, -0.25) is 4.79 Å². The summed E-state index contributed by atoms with van der Waals surface area (Å²) in [4.78, 5) is 12.3. The number of hydrogen-bond acceptors (Lipinski definition) is 2. The fourth-order valence-electron chi connectivity index (χ4n) is 3.18. The van der Waals surface area contributed by atoms with E-state index >= 15 is 0 Å². The molecule has 0 radical (unpaired) electrons. The van der Waals surface area contributed by atoms with E-state index in [1.54, 1.807) is 6.92 Å². The van der Waals surface area contributed by atoms with Crippen molar-refractivity contribution in [1.82, 2.24) is 10.6 Å². The monoisotopic (exact) mass is 360 g/mol. The number of rotatable bonds is 5. The van der Waals surface area contributed by atoms with E-state index in [1.165, 1.54) is 12.1 Å². The van der Waals surface area contributed by atoms with Crippen molar-refractivity contribution in [2.45, 2.75) is 39.2 Å². The molecule has 3 nitrogen and oxygen atoms in total. The van der Waals surface area contributed by atoms with Crippen LogP contribution in [0.25, 0.3) is 0 Å². The summed E-state index contributed by atoms with van der Waals surface area (Å²) in [7, 11) is 0. The Labute approximate surface area is 146 Å². The van der Waals surface area contributed by atoms with Gasteiger partial charge in [-0.05, 0) is 56.8 Å². The van der Waals surface area contributed by atoms with E-state index in [2.05, 4.69) is 17.6 Å². The summed E-state index contributed by atoms with van der Waals surface area (Å²) < 4.78 is 13.6. The van der Waals surface area contributed by atoms with Crippen molar-refractivity contribution in [2.24, 2.45) is 11.8 Å². The molecule has 1 amide bonds. The molecule has 0 aliphatic carbocycles. The third kappa shape index (κ3) is 4.82. The van der Waals surface area contributed by atoms with E-state index in [1.807, 2.05) is 0 Å². The molecule has 2 N–H and O–H groups in total. The van der Waals surface area contributed by atoms with E-state index < -0.39 is 11.9 Å². The van der Waals surface area contributed by atoms with Gasteiger partial charge in [0.25, 0.3) is 0 Å². The van der Waals surface area contributed by atoms with Crippen molar-refractivity contribution in [3.05, 3.63) is 33.6 Å². The van der Waals surface area contributed by atoms with Crippen LogP contribution in [0.1, 0.15) is 44.7 Å². The molecule has 1 fully saturated rings. The molecule has 23 heavy (non-hydrogen) atoms. The standard InChI is InChI=1S/C17H23Cl2FN2O/c1-10(12-5-7-21-8-6-12)9-15(23)22-11(2)16-13(18)3-4-14(20)17(16)19/h3-4,10-12,21H,5-9H2,1-2H3,(H,22,23). The maximum Gasteiger partial charge on any atom is 0.220 e. The summed E-state index contributed by atoms with van der Waals surface area (Å²) in [6.07, 6.45) is 2.66. The first kappa shape index (κ1) is 18.5. The van der Waals surface area contributed by atoms with Crippen LogP contribution in [-0.2, 0) is 4.79 Å². The van der Waals surface area contributed by atoms with Crippen molar-refractivity contribution in [1.29, 1.82) is 0 Å². The Kier molecular flexibility index (Phi) is 6.69.